The lowest BCUT2D eigenvalue weighted by Gasteiger charge is -2.14. The number of benzene rings is 2. The lowest BCUT2D eigenvalue weighted by atomic mass is 10.0. The van der Waals surface area contributed by atoms with E-state index >= 15 is 0 Å². The third-order valence-electron chi connectivity index (χ3n) is 4.94. The Balaban J connectivity index is 1.87. The Morgan fingerprint density at radius 1 is 1.03 bits per heavy atom. The zero-order chi connectivity index (χ0) is 24.8. The molecule has 0 aliphatic rings. The molecule has 2 N–H and O–H groups in total. The average Bonchev–Trinajstić information content (AvgIpc) is 3.34. The summed E-state index contributed by atoms with van der Waals surface area (Å²) < 4.78 is 26.8. The Labute approximate surface area is 196 Å². The number of ketones is 1. The van der Waals surface area contributed by atoms with Crippen LogP contribution >= 0.6 is 0 Å². The van der Waals surface area contributed by atoms with Gasteiger partial charge in [0.25, 0.3) is 0 Å². The van der Waals surface area contributed by atoms with Gasteiger partial charge in [-0.25, -0.2) is 0 Å². The van der Waals surface area contributed by atoms with Gasteiger partial charge in [0, 0.05) is 25.2 Å². The Kier molecular flexibility index (Phi) is 7.46. The van der Waals surface area contributed by atoms with Crippen molar-refractivity contribution in [3.63, 3.8) is 0 Å². The highest BCUT2D eigenvalue weighted by Gasteiger charge is 2.25. The van der Waals surface area contributed by atoms with Crippen molar-refractivity contribution in [2.24, 2.45) is 0 Å². The van der Waals surface area contributed by atoms with Crippen molar-refractivity contribution in [3.8, 4) is 28.9 Å². The van der Waals surface area contributed by atoms with Gasteiger partial charge >= 0.3 is 0 Å². The monoisotopic (exact) mass is 461 g/mol. The number of carbonyl (C=O) groups excluding carboxylic acids is 1. The summed E-state index contributed by atoms with van der Waals surface area (Å²) in [7, 11) is 4.33. The Morgan fingerprint density at radius 3 is 2.29 bits per heavy atom. The van der Waals surface area contributed by atoms with Gasteiger partial charge in [-0.1, -0.05) is 12.1 Å². The number of methoxy groups -OCH3 is 3. The van der Waals surface area contributed by atoms with Gasteiger partial charge in [-0.2, -0.15) is 5.26 Å². The molecule has 3 aromatic rings. The second-order valence-corrected chi connectivity index (χ2v) is 7.12. The quantitative estimate of drug-likeness (QED) is 0.280. The third-order valence-corrected chi connectivity index (χ3v) is 4.94. The largest absolute Gasteiger partial charge is 0.493 e. The molecule has 9 heteroatoms. The Morgan fingerprint density at radius 2 is 1.74 bits per heavy atom. The molecule has 0 spiro atoms. The first-order valence-electron chi connectivity index (χ1n) is 10.1. The minimum absolute atomic E-state index is 0.0785. The van der Waals surface area contributed by atoms with Gasteiger partial charge in [0.05, 0.1) is 19.8 Å². The van der Waals surface area contributed by atoms with Crippen molar-refractivity contribution in [1.29, 1.82) is 16.1 Å². The van der Waals surface area contributed by atoms with E-state index in [0.29, 0.717) is 33.9 Å². The minimum atomic E-state index is -0.937. The summed E-state index contributed by atoms with van der Waals surface area (Å²) in [5, 5.41) is 24.6. The van der Waals surface area contributed by atoms with Crippen LogP contribution in [0.5, 0.6) is 11.5 Å². The van der Waals surface area contributed by atoms with E-state index in [1.807, 2.05) is 0 Å². The van der Waals surface area contributed by atoms with Crippen molar-refractivity contribution in [3.05, 3.63) is 71.0 Å². The third kappa shape index (κ3) is 4.98. The molecule has 0 radical (unpaired) electrons. The maximum absolute atomic E-state index is 13.1. The van der Waals surface area contributed by atoms with Crippen LogP contribution < -0.4 is 9.47 Å². The standard InChI is InChI=1S/C25H23N3O6/c1-14(27)33-25(28)16-7-5-15(6-8-16)24(32-4)22(29)20-10-9-19(34-20)17-11-18(13-26)23(31-3)21(12-17)30-2/h5-12,24,27-28H,1-4H3. The molecule has 0 aliphatic carbocycles. The van der Waals surface area contributed by atoms with Crippen LogP contribution in [0.2, 0.25) is 0 Å². The van der Waals surface area contributed by atoms with Crippen molar-refractivity contribution in [2.75, 3.05) is 21.3 Å². The minimum Gasteiger partial charge on any atom is -0.493 e. The van der Waals surface area contributed by atoms with Crippen LogP contribution in [0.1, 0.15) is 40.3 Å². The van der Waals surface area contributed by atoms with Crippen LogP contribution in [0.25, 0.3) is 11.3 Å². The van der Waals surface area contributed by atoms with Crippen molar-refractivity contribution in [2.45, 2.75) is 13.0 Å². The van der Waals surface area contributed by atoms with Gasteiger partial charge in [-0.15, -0.1) is 0 Å². The predicted octanol–water partition coefficient (Wildman–Crippen LogP) is 4.75. The van der Waals surface area contributed by atoms with Crippen LogP contribution in [0.3, 0.4) is 0 Å². The molecule has 174 valence electrons. The van der Waals surface area contributed by atoms with E-state index in [9.17, 15) is 10.1 Å². The molecule has 1 heterocycles. The molecular weight excluding hydrogens is 438 g/mol. The lowest BCUT2D eigenvalue weighted by molar-refractivity contribution is 0.0577. The van der Waals surface area contributed by atoms with E-state index in [1.165, 1.54) is 34.3 Å². The number of nitriles is 1. The van der Waals surface area contributed by atoms with E-state index in [0.717, 1.165) is 0 Å². The summed E-state index contributed by atoms with van der Waals surface area (Å²) in [4.78, 5) is 13.1. The Hall–Kier alpha value is -4.42. The van der Waals surface area contributed by atoms with Crippen LogP contribution in [-0.4, -0.2) is 38.9 Å². The lowest BCUT2D eigenvalue weighted by Crippen LogP contribution is -2.15. The SMILES string of the molecule is COc1cc(-c2ccc(C(=O)C(OC)c3ccc(C(=N)OC(C)=N)cc3)o2)cc(C#N)c1OC. The number of carbonyl (C=O) groups is 1. The molecule has 9 nitrogen and oxygen atoms in total. The van der Waals surface area contributed by atoms with Gasteiger partial charge in [0.15, 0.2) is 23.2 Å². The zero-order valence-electron chi connectivity index (χ0n) is 19.1. The fourth-order valence-electron chi connectivity index (χ4n) is 3.36. The van der Waals surface area contributed by atoms with E-state index in [2.05, 4.69) is 6.07 Å². The molecule has 0 amide bonds. The zero-order valence-corrected chi connectivity index (χ0v) is 19.1. The summed E-state index contributed by atoms with van der Waals surface area (Å²) >= 11 is 0. The fraction of sp³-hybridized carbons (Fsp3) is 0.200. The molecule has 0 aliphatic heterocycles. The highest BCUT2D eigenvalue weighted by molar-refractivity contribution is 6.00. The van der Waals surface area contributed by atoms with E-state index in [4.69, 9.17) is 34.2 Å². The number of hydrogen-bond acceptors (Lipinski definition) is 9. The first-order valence-corrected chi connectivity index (χ1v) is 10.1. The molecule has 34 heavy (non-hydrogen) atoms. The summed E-state index contributed by atoms with van der Waals surface area (Å²) in [5.74, 6) is 0.473. The molecule has 3 rings (SSSR count). The predicted molar refractivity (Wildman–Crippen MR) is 124 cm³/mol. The number of Topliss-reactive ketones (excluding diaryl/α,β-unsaturated/α-hetero) is 1. The fourth-order valence-corrected chi connectivity index (χ4v) is 3.36. The van der Waals surface area contributed by atoms with Gasteiger partial charge in [-0.3, -0.25) is 15.6 Å². The van der Waals surface area contributed by atoms with Crippen molar-refractivity contribution in [1.82, 2.24) is 0 Å². The van der Waals surface area contributed by atoms with E-state index in [1.54, 1.807) is 42.5 Å². The Bertz CT molecular complexity index is 1270. The van der Waals surface area contributed by atoms with Crippen LogP contribution in [0.4, 0.5) is 0 Å². The molecule has 2 aromatic carbocycles. The second-order valence-electron chi connectivity index (χ2n) is 7.12. The van der Waals surface area contributed by atoms with E-state index < -0.39 is 11.9 Å². The summed E-state index contributed by atoms with van der Waals surface area (Å²) in [6, 6.07) is 15.0. The molecule has 0 saturated heterocycles. The van der Waals surface area contributed by atoms with Crippen molar-refractivity contribution >= 4 is 17.6 Å². The second kappa shape index (κ2) is 10.5. The highest BCUT2D eigenvalue weighted by Crippen LogP contribution is 2.37. The first kappa shape index (κ1) is 24.2. The molecule has 0 bridgehead atoms. The van der Waals surface area contributed by atoms with Gasteiger partial charge in [0.2, 0.25) is 11.7 Å². The molecule has 0 saturated carbocycles. The van der Waals surface area contributed by atoms with Crippen molar-refractivity contribution < 1.29 is 28.2 Å². The maximum Gasteiger partial charge on any atom is 0.231 e. The molecule has 1 aromatic heterocycles. The number of ether oxygens (including phenoxy) is 4. The maximum atomic E-state index is 13.1. The summed E-state index contributed by atoms with van der Waals surface area (Å²) in [6.07, 6.45) is -0.937. The van der Waals surface area contributed by atoms with Gasteiger partial charge < -0.3 is 23.4 Å². The average molecular weight is 461 g/mol. The van der Waals surface area contributed by atoms with Crippen LogP contribution in [-0.2, 0) is 9.47 Å². The number of rotatable bonds is 8. The molecule has 1 unspecified atom stereocenters. The molecule has 1 atom stereocenters. The number of nitrogens with one attached hydrogen (secondary N) is 2. The molecule has 0 fully saturated rings. The summed E-state index contributed by atoms with van der Waals surface area (Å²) in [6.45, 7) is 1.43. The van der Waals surface area contributed by atoms with E-state index in [-0.39, 0.29) is 23.1 Å². The van der Waals surface area contributed by atoms with Crippen LogP contribution in [0.15, 0.2) is 52.9 Å². The smallest absolute Gasteiger partial charge is 0.231 e. The number of hydrogen-bond donors (Lipinski definition) is 2. The van der Waals surface area contributed by atoms with Crippen LogP contribution in [0, 0.1) is 22.1 Å². The normalized spacial score (nSPS) is 11.3. The number of furan rings is 1. The van der Waals surface area contributed by atoms with Gasteiger partial charge in [0.1, 0.15) is 17.9 Å². The number of nitrogens with zero attached hydrogens (tertiary/aromatic N) is 1. The molecular formula is C25H23N3O6. The highest BCUT2D eigenvalue weighted by atomic mass is 16.5. The summed E-state index contributed by atoms with van der Waals surface area (Å²) in [5.41, 5.74) is 1.83. The first-order chi connectivity index (χ1) is 16.3. The topological polar surface area (TPSA) is 139 Å². The van der Waals surface area contributed by atoms with Gasteiger partial charge in [-0.05, 0) is 42.0 Å².